The third kappa shape index (κ3) is 11.8. The number of carbonyl (C=O) groups excluding carboxylic acids is 2. The highest BCUT2D eigenvalue weighted by molar-refractivity contribution is 7.92. The number of benzene rings is 3. The van der Waals surface area contributed by atoms with Gasteiger partial charge in [-0.05, 0) is 94.6 Å². The standard InChI is InChI=1S/C59H71F2N15O5S/c1-37-31-75(34-52(77)76-35-59(6,7)53-49(76)23-40(27-63-53)22-39-8-10-42(60)11-9-39)44(30-62-37)33-73-18-19-74(32-38(73)2)56(78)41-28-64-57(65-29-41)72-16-14-71(15-17-72)20-21-81-50-26-48-46(25-51(50)82(79,80)58(3,4)5)54(67-36-66-48)68-55-45-24-43(61)12-13-47(45)69-70-55/h8-13,23-29,36-38,44,62H,14-22,30-35H2,1-7H3,(H2,66,67,68,69,70)/t37-,38?,44-/m1/s1. The summed E-state index contributed by atoms with van der Waals surface area (Å²) < 4.78 is 61.2. The van der Waals surface area contributed by atoms with Gasteiger partial charge < -0.3 is 30.1 Å². The lowest BCUT2D eigenvalue weighted by molar-refractivity contribution is -0.121. The van der Waals surface area contributed by atoms with Crippen LogP contribution in [-0.4, -0.2) is 190 Å². The van der Waals surface area contributed by atoms with E-state index >= 15 is 0 Å². The zero-order valence-corrected chi connectivity index (χ0v) is 48.3. The van der Waals surface area contributed by atoms with Crippen molar-refractivity contribution in [2.45, 2.75) is 88.1 Å². The van der Waals surface area contributed by atoms with Gasteiger partial charge in [0.25, 0.3) is 5.91 Å². The van der Waals surface area contributed by atoms with Crippen molar-refractivity contribution in [3.8, 4) is 5.75 Å². The summed E-state index contributed by atoms with van der Waals surface area (Å²) in [7, 11) is -3.92. The molecule has 1 unspecified atom stereocenters. The van der Waals surface area contributed by atoms with Gasteiger partial charge in [-0.15, -0.1) is 0 Å². The smallest absolute Gasteiger partial charge is 0.257 e. The molecule has 23 heteroatoms. The van der Waals surface area contributed by atoms with Crippen molar-refractivity contribution < 1.29 is 31.5 Å². The fourth-order valence-corrected chi connectivity index (χ4v) is 12.9. The van der Waals surface area contributed by atoms with Crippen LogP contribution in [0.3, 0.4) is 0 Å². The van der Waals surface area contributed by atoms with Crippen LogP contribution in [0.15, 0.2) is 90.5 Å². The molecule has 0 saturated carbocycles. The minimum Gasteiger partial charge on any atom is -0.491 e. The van der Waals surface area contributed by atoms with Gasteiger partial charge in [0.15, 0.2) is 15.7 Å². The third-order valence-corrected chi connectivity index (χ3v) is 18.9. The second-order valence-electron chi connectivity index (χ2n) is 23.9. The maximum absolute atomic E-state index is 14.4. The molecule has 4 aromatic heterocycles. The first-order chi connectivity index (χ1) is 39.2. The molecule has 20 nitrogen and oxygen atoms in total. The summed E-state index contributed by atoms with van der Waals surface area (Å²) in [5.41, 5.74) is 4.90. The van der Waals surface area contributed by atoms with Crippen LogP contribution in [-0.2, 0) is 26.5 Å². The Balaban J connectivity index is 0.666. The number of pyridine rings is 1. The number of aromatic nitrogens is 7. The number of fused-ring (bicyclic) bond motifs is 3. The van der Waals surface area contributed by atoms with Crippen LogP contribution in [0, 0.1) is 11.6 Å². The molecule has 432 valence electrons. The van der Waals surface area contributed by atoms with Crippen molar-refractivity contribution in [3.05, 3.63) is 120 Å². The van der Waals surface area contributed by atoms with Crippen molar-refractivity contribution in [1.82, 2.24) is 60.0 Å². The number of piperazine rings is 3. The molecule has 4 aliphatic heterocycles. The number of hydrogen-bond donors (Lipinski definition) is 3. The van der Waals surface area contributed by atoms with Crippen LogP contribution in [0.2, 0.25) is 0 Å². The van der Waals surface area contributed by atoms with E-state index in [9.17, 15) is 26.8 Å². The highest BCUT2D eigenvalue weighted by Gasteiger charge is 2.42. The maximum Gasteiger partial charge on any atom is 0.257 e. The molecule has 0 aliphatic carbocycles. The van der Waals surface area contributed by atoms with Gasteiger partial charge in [-0.25, -0.2) is 37.1 Å². The molecule has 0 bridgehead atoms. The predicted octanol–water partition coefficient (Wildman–Crippen LogP) is 6.21. The minimum absolute atomic E-state index is 0.00834. The summed E-state index contributed by atoms with van der Waals surface area (Å²) in [5.74, 6) is 0.593. The molecule has 4 aliphatic rings. The van der Waals surface area contributed by atoms with Crippen LogP contribution in [0.4, 0.5) is 32.1 Å². The van der Waals surface area contributed by atoms with E-state index < -0.39 is 20.4 Å². The molecule has 0 spiro atoms. The second kappa shape index (κ2) is 22.8. The van der Waals surface area contributed by atoms with Crippen LogP contribution in [0.1, 0.15) is 75.6 Å². The van der Waals surface area contributed by atoms with Crippen LogP contribution < -0.4 is 25.2 Å². The van der Waals surface area contributed by atoms with Crippen LogP contribution in [0.5, 0.6) is 5.75 Å². The Morgan fingerprint density at radius 3 is 2.32 bits per heavy atom. The summed E-state index contributed by atoms with van der Waals surface area (Å²) in [6.07, 6.45) is 7.06. The van der Waals surface area contributed by atoms with E-state index in [0.29, 0.717) is 110 Å². The quantitative estimate of drug-likeness (QED) is 0.104. The molecular weight excluding hydrogens is 1070 g/mol. The number of hydrogen-bond acceptors (Lipinski definition) is 17. The highest BCUT2D eigenvalue weighted by atomic mass is 32.2. The number of rotatable bonds is 15. The van der Waals surface area contributed by atoms with E-state index in [4.69, 9.17) is 9.72 Å². The number of H-pyrrole nitrogens is 1. The summed E-state index contributed by atoms with van der Waals surface area (Å²) in [5, 5.41) is 14.9. The number of sulfone groups is 1. The number of nitrogens with zero attached hydrogens (tertiary/aromatic N) is 12. The maximum atomic E-state index is 14.4. The van der Waals surface area contributed by atoms with E-state index in [1.165, 1.54) is 36.7 Å². The van der Waals surface area contributed by atoms with E-state index in [2.05, 4.69) is 94.1 Å². The fraction of sp³-hybridized carbons (Fsp3) is 0.458. The van der Waals surface area contributed by atoms with Gasteiger partial charge in [0.2, 0.25) is 11.9 Å². The number of halogens is 2. The van der Waals surface area contributed by atoms with Gasteiger partial charge in [-0.3, -0.25) is 34.4 Å². The number of ether oxygens (including phenoxy) is 1. The lowest BCUT2D eigenvalue weighted by Crippen LogP contribution is -2.63. The Morgan fingerprint density at radius 1 is 0.817 bits per heavy atom. The Hall–Kier alpha value is -7.31. The van der Waals surface area contributed by atoms with Gasteiger partial charge in [-0.1, -0.05) is 26.0 Å². The Kier molecular flexibility index (Phi) is 15.7. The molecule has 11 rings (SSSR count). The topological polar surface area (TPSA) is 214 Å². The lowest BCUT2D eigenvalue weighted by atomic mass is 9.91. The first kappa shape index (κ1) is 56.5. The molecular formula is C59H71F2N15O5S. The fourth-order valence-electron chi connectivity index (χ4n) is 11.6. The monoisotopic (exact) mass is 1140 g/mol. The number of amides is 2. The molecule has 7 aromatic rings. The highest BCUT2D eigenvalue weighted by Crippen LogP contribution is 2.41. The van der Waals surface area contributed by atoms with Crippen molar-refractivity contribution in [2.24, 2.45) is 0 Å². The third-order valence-electron chi connectivity index (χ3n) is 16.4. The number of anilines is 4. The van der Waals surface area contributed by atoms with E-state index in [0.717, 1.165) is 42.1 Å². The van der Waals surface area contributed by atoms with Crippen molar-refractivity contribution in [3.63, 3.8) is 0 Å². The Bertz CT molecular complexity index is 3610. The molecule has 3 N–H and O–H groups in total. The van der Waals surface area contributed by atoms with Crippen molar-refractivity contribution >= 4 is 66.7 Å². The SMILES string of the molecule is CC1CN(C(=O)c2cnc(N3CCN(CCOc4cc5ncnc(Nc6n[nH]c7ccc(F)cc67)c5cc4S(=O)(=O)C(C)(C)C)CC3)nc2)CCN1C[C@H]1CN[C@H](C)CN1CC(=O)N1CC(C)(C)c2ncc(Cc3ccc(F)cc3)cc21. The molecule has 3 saturated heterocycles. The normalized spacial score (nSPS) is 20.2. The summed E-state index contributed by atoms with van der Waals surface area (Å²) in [6.45, 7) is 21.7. The average molecular weight is 1140 g/mol. The molecule has 8 heterocycles. The first-order valence-electron chi connectivity index (χ1n) is 28.1. The number of carbonyl (C=O) groups is 2. The van der Waals surface area contributed by atoms with Crippen LogP contribution >= 0.6 is 0 Å². The van der Waals surface area contributed by atoms with E-state index in [1.807, 2.05) is 16.0 Å². The molecule has 3 fully saturated rings. The van der Waals surface area contributed by atoms with Gasteiger partial charge >= 0.3 is 0 Å². The lowest BCUT2D eigenvalue weighted by Gasteiger charge is -2.45. The number of nitrogens with one attached hydrogen (secondary N) is 3. The summed E-state index contributed by atoms with van der Waals surface area (Å²) >= 11 is 0. The molecule has 3 aromatic carbocycles. The molecule has 2 amide bonds. The molecule has 0 radical (unpaired) electrons. The molecule has 3 atom stereocenters. The van der Waals surface area contributed by atoms with Gasteiger partial charge in [-0.2, -0.15) is 5.10 Å². The van der Waals surface area contributed by atoms with Gasteiger partial charge in [0, 0.05) is 138 Å². The predicted molar refractivity (Wildman–Crippen MR) is 311 cm³/mol. The average Bonchev–Trinajstić information content (AvgIpc) is 4.10. The summed E-state index contributed by atoms with van der Waals surface area (Å²) in [6, 6.07) is 16.4. The van der Waals surface area contributed by atoms with Gasteiger partial charge in [0.1, 0.15) is 41.0 Å². The molecule has 82 heavy (non-hydrogen) atoms. The second-order valence-corrected chi connectivity index (χ2v) is 26.5. The zero-order valence-electron chi connectivity index (χ0n) is 47.5. The van der Waals surface area contributed by atoms with Gasteiger partial charge in [0.05, 0.1) is 39.3 Å². The van der Waals surface area contributed by atoms with Crippen molar-refractivity contribution in [1.29, 1.82) is 0 Å². The van der Waals surface area contributed by atoms with Crippen molar-refractivity contribution in [2.75, 3.05) is 107 Å². The van der Waals surface area contributed by atoms with E-state index in [1.54, 1.807) is 57.4 Å². The Labute approximate surface area is 476 Å². The first-order valence-corrected chi connectivity index (χ1v) is 29.6. The summed E-state index contributed by atoms with van der Waals surface area (Å²) in [4.78, 5) is 64.2. The Morgan fingerprint density at radius 2 is 1.57 bits per heavy atom. The number of aromatic amines is 1. The largest absolute Gasteiger partial charge is 0.491 e. The van der Waals surface area contributed by atoms with E-state index in [-0.39, 0.29) is 65.0 Å². The zero-order chi connectivity index (χ0) is 57.7. The minimum atomic E-state index is -3.92. The van der Waals surface area contributed by atoms with Crippen LogP contribution in [0.25, 0.3) is 21.8 Å².